The molecule has 1 aliphatic rings. The second kappa shape index (κ2) is 7.23. The zero-order chi connectivity index (χ0) is 14.5. The molecule has 0 aliphatic carbocycles. The zero-order valence-electron chi connectivity index (χ0n) is 11.7. The predicted octanol–water partition coefficient (Wildman–Crippen LogP) is 2.58. The van der Waals surface area contributed by atoms with Gasteiger partial charge in [0.05, 0.1) is 12.2 Å². The Kier molecular flexibility index (Phi) is 5.61. The molecule has 2 unspecified atom stereocenters. The van der Waals surface area contributed by atoms with Gasteiger partial charge >= 0.3 is 0 Å². The van der Waals surface area contributed by atoms with Gasteiger partial charge in [-0.15, -0.1) is 0 Å². The third-order valence-corrected chi connectivity index (χ3v) is 4.37. The largest absolute Gasteiger partial charge is 0.374 e. The molecule has 0 bridgehead atoms. The summed E-state index contributed by atoms with van der Waals surface area (Å²) in [6.45, 7) is 8.03. The minimum Gasteiger partial charge on any atom is -0.374 e. The highest BCUT2D eigenvalue weighted by molar-refractivity contribution is 7.10. The van der Waals surface area contributed by atoms with Gasteiger partial charge in [0.15, 0.2) is 5.15 Å². The summed E-state index contributed by atoms with van der Waals surface area (Å²) in [4.78, 5) is 2.42. The van der Waals surface area contributed by atoms with E-state index in [0.29, 0.717) is 17.8 Å². The SMILES string of the molecule is CC1CN(CCCNc2snc(Cl)c2C#N)CC(C)O1. The van der Waals surface area contributed by atoms with Gasteiger partial charge in [0.2, 0.25) is 0 Å². The maximum absolute atomic E-state index is 8.98. The summed E-state index contributed by atoms with van der Waals surface area (Å²) in [5, 5.41) is 13.3. The van der Waals surface area contributed by atoms with Crippen LogP contribution in [0.4, 0.5) is 5.00 Å². The highest BCUT2D eigenvalue weighted by Crippen LogP contribution is 2.27. The maximum atomic E-state index is 8.98. The summed E-state index contributed by atoms with van der Waals surface area (Å²) in [5.74, 6) is 0. The van der Waals surface area contributed by atoms with Crippen LogP contribution in [0.5, 0.6) is 0 Å². The van der Waals surface area contributed by atoms with Gasteiger partial charge in [-0.05, 0) is 31.8 Å². The first-order valence-corrected chi connectivity index (χ1v) is 7.92. The molecule has 1 aromatic heterocycles. The molecule has 0 aromatic carbocycles. The highest BCUT2D eigenvalue weighted by atomic mass is 35.5. The van der Waals surface area contributed by atoms with Gasteiger partial charge in [-0.2, -0.15) is 9.64 Å². The van der Waals surface area contributed by atoms with E-state index in [-0.39, 0.29) is 5.15 Å². The van der Waals surface area contributed by atoms with Crippen molar-refractivity contribution >= 4 is 28.1 Å². The van der Waals surface area contributed by atoms with Gasteiger partial charge in [-0.1, -0.05) is 11.6 Å². The number of ether oxygens (including phenoxy) is 1. The van der Waals surface area contributed by atoms with E-state index in [2.05, 4.69) is 34.5 Å². The Balaban J connectivity index is 1.72. The van der Waals surface area contributed by atoms with Gasteiger partial charge in [-0.3, -0.25) is 4.90 Å². The average molecular weight is 315 g/mol. The number of anilines is 1. The van der Waals surface area contributed by atoms with Gasteiger partial charge in [-0.25, -0.2) is 0 Å². The molecule has 1 aliphatic heterocycles. The standard InChI is InChI=1S/C13H19ClN4OS/c1-9-7-18(8-10(2)19-9)5-3-4-16-13-11(6-15)12(14)17-20-13/h9-10,16H,3-5,7-8H2,1-2H3. The van der Waals surface area contributed by atoms with Crippen molar-refractivity contribution in [3.63, 3.8) is 0 Å². The van der Waals surface area contributed by atoms with Crippen LogP contribution in [-0.2, 0) is 4.74 Å². The van der Waals surface area contributed by atoms with Gasteiger partial charge in [0.25, 0.3) is 0 Å². The number of hydrogen-bond donors (Lipinski definition) is 1. The van der Waals surface area contributed by atoms with Crippen LogP contribution in [0.3, 0.4) is 0 Å². The van der Waals surface area contributed by atoms with Crippen LogP contribution in [0.25, 0.3) is 0 Å². The fourth-order valence-electron chi connectivity index (χ4n) is 2.46. The maximum Gasteiger partial charge on any atom is 0.162 e. The number of nitrogens with zero attached hydrogens (tertiary/aromatic N) is 3. The third-order valence-electron chi connectivity index (χ3n) is 3.19. The van der Waals surface area contributed by atoms with E-state index in [9.17, 15) is 0 Å². The molecular formula is C13H19ClN4OS. The Morgan fingerprint density at radius 3 is 2.85 bits per heavy atom. The fourth-order valence-corrected chi connectivity index (χ4v) is 3.42. The number of morpholine rings is 1. The number of hydrogen-bond acceptors (Lipinski definition) is 6. The molecule has 1 fully saturated rings. The first-order chi connectivity index (χ1) is 9.60. The van der Waals surface area contributed by atoms with Crippen molar-refractivity contribution in [2.24, 2.45) is 0 Å². The molecule has 20 heavy (non-hydrogen) atoms. The van der Waals surface area contributed by atoms with Crippen LogP contribution in [-0.4, -0.2) is 47.7 Å². The number of nitrogens with one attached hydrogen (secondary N) is 1. The number of halogens is 1. The van der Waals surface area contributed by atoms with E-state index in [0.717, 1.165) is 37.6 Å². The minimum atomic E-state index is 0.288. The average Bonchev–Trinajstić information content (AvgIpc) is 2.74. The quantitative estimate of drug-likeness (QED) is 0.846. The summed E-state index contributed by atoms with van der Waals surface area (Å²) in [5.41, 5.74) is 0.449. The summed E-state index contributed by atoms with van der Waals surface area (Å²) >= 11 is 7.06. The highest BCUT2D eigenvalue weighted by Gasteiger charge is 2.21. The molecule has 0 amide bonds. The van der Waals surface area contributed by atoms with E-state index in [1.54, 1.807) is 0 Å². The van der Waals surface area contributed by atoms with Crippen LogP contribution in [0.15, 0.2) is 0 Å². The van der Waals surface area contributed by atoms with E-state index in [4.69, 9.17) is 21.6 Å². The molecule has 2 heterocycles. The van der Waals surface area contributed by atoms with Crippen molar-refractivity contribution < 1.29 is 4.74 Å². The lowest BCUT2D eigenvalue weighted by molar-refractivity contribution is -0.0678. The van der Waals surface area contributed by atoms with E-state index in [1.165, 1.54) is 11.5 Å². The van der Waals surface area contributed by atoms with Crippen molar-refractivity contribution in [2.45, 2.75) is 32.5 Å². The van der Waals surface area contributed by atoms with E-state index in [1.807, 2.05) is 0 Å². The Morgan fingerprint density at radius 2 is 2.20 bits per heavy atom. The summed E-state index contributed by atoms with van der Waals surface area (Å²) in [7, 11) is 0. The minimum absolute atomic E-state index is 0.288. The van der Waals surface area contributed by atoms with Crippen molar-refractivity contribution in [3.8, 4) is 6.07 Å². The molecule has 7 heteroatoms. The molecular weight excluding hydrogens is 296 g/mol. The van der Waals surface area contributed by atoms with E-state index < -0.39 is 0 Å². The smallest absolute Gasteiger partial charge is 0.162 e. The summed E-state index contributed by atoms with van der Waals surface area (Å²) in [6, 6.07) is 2.07. The lowest BCUT2D eigenvalue weighted by Gasteiger charge is -2.35. The fraction of sp³-hybridized carbons (Fsp3) is 0.692. The second-order valence-electron chi connectivity index (χ2n) is 5.09. The molecule has 5 nitrogen and oxygen atoms in total. The van der Waals surface area contributed by atoms with Crippen LogP contribution in [0, 0.1) is 11.3 Å². The Bertz CT molecular complexity index is 477. The number of rotatable bonds is 5. The molecule has 2 rings (SSSR count). The molecule has 2 atom stereocenters. The first kappa shape index (κ1) is 15.5. The first-order valence-electron chi connectivity index (χ1n) is 6.77. The predicted molar refractivity (Wildman–Crippen MR) is 81.4 cm³/mol. The van der Waals surface area contributed by atoms with E-state index >= 15 is 0 Å². The molecule has 110 valence electrons. The topological polar surface area (TPSA) is 61.2 Å². The lowest BCUT2D eigenvalue weighted by Crippen LogP contribution is -2.45. The number of aromatic nitrogens is 1. The zero-order valence-corrected chi connectivity index (χ0v) is 13.3. The molecule has 1 N–H and O–H groups in total. The molecule has 0 saturated carbocycles. The van der Waals surface area contributed by atoms with Crippen LogP contribution >= 0.6 is 23.1 Å². The summed E-state index contributed by atoms with van der Waals surface area (Å²) in [6.07, 6.45) is 1.62. The molecule has 1 saturated heterocycles. The summed E-state index contributed by atoms with van der Waals surface area (Å²) < 4.78 is 9.68. The van der Waals surface area contributed by atoms with Crippen molar-refractivity contribution in [1.82, 2.24) is 9.27 Å². The lowest BCUT2D eigenvalue weighted by atomic mass is 10.2. The van der Waals surface area contributed by atoms with Crippen LogP contribution < -0.4 is 5.32 Å². The second-order valence-corrected chi connectivity index (χ2v) is 6.22. The van der Waals surface area contributed by atoms with Crippen molar-refractivity contribution in [2.75, 3.05) is 31.5 Å². The van der Waals surface area contributed by atoms with Crippen LogP contribution in [0.2, 0.25) is 5.15 Å². The third kappa shape index (κ3) is 4.06. The Labute approximate surface area is 128 Å². The van der Waals surface area contributed by atoms with Gasteiger partial charge in [0.1, 0.15) is 16.6 Å². The van der Waals surface area contributed by atoms with Crippen molar-refractivity contribution in [3.05, 3.63) is 10.7 Å². The molecule has 1 aromatic rings. The molecule has 0 radical (unpaired) electrons. The van der Waals surface area contributed by atoms with Gasteiger partial charge in [0, 0.05) is 26.2 Å². The Morgan fingerprint density at radius 1 is 1.50 bits per heavy atom. The van der Waals surface area contributed by atoms with Crippen molar-refractivity contribution in [1.29, 1.82) is 5.26 Å². The van der Waals surface area contributed by atoms with Gasteiger partial charge < -0.3 is 10.1 Å². The normalized spacial score (nSPS) is 23.5. The Hall–Kier alpha value is -0.870. The molecule has 0 spiro atoms. The monoisotopic (exact) mass is 314 g/mol. The number of nitriles is 1. The van der Waals surface area contributed by atoms with Crippen LogP contribution in [0.1, 0.15) is 25.8 Å².